The Kier molecular flexibility index (Phi) is 6.80. The lowest BCUT2D eigenvalue weighted by atomic mass is 9.86. The van der Waals surface area contributed by atoms with E-state index in [2.05, 4.69) is 10.6 Å². The first-order chi connectivity index (χ1) is 9.81. The van der Waals surface area contributed by atoms with Crippen LogP contribution >= 0.6 is 0 Å². The van der Waals surface area contributed by atoms with Crippen LogP contribution in [0, 0.1) is 11.8 Å². The van der Waals surface area contributed by atoms with Crippen LogP contribution < -0.4 is 10.6 Å². The molecule has 1 aliphatic carbocycles. The topological polar surface area (TPSA) is 50.4 Å². The zero-order valence-electron chi connectivity index (χ0n) is 12.8. The summed E-state index contributed by atoms with van der Waals surface area (Å²) in [6, 6.07) is 0.310. The van der Waals surface area contributed by atoms with Gasteiger partial charge in [0.1, 0.15) is 0 Å². The SMILES string of the molecule is COC(=O)C1CCCCCCC1NCC1CCCNC1. The van der Waals surface area contributed by atoms with E-state index in [9.17, 15) is 4.79 Å². The lowest BCUT2D eigenvalue weighted by Crippen LogP contribution is -2.45. The zero-order valence-corrected chi connectivity index (χ0v) is 12.8. The summed E-state index contributed by atoms with van der Waals surface area (Å²) in [5, 5.41) is 7.14. The van der Waals surface area contributed by atoms with E-state index in [0.29, 0.717) is 12.0 Å². The van der Waals surface area contributed by atoms with E-state index in [1.165, 1.54) is 39.2 Å². The molecule has 0 aromatic heterocycles. The Labute approximate surface area is 123 Å². The zero-order chi connectivity index (χ0) is 14.2. The minimum absolute atomic E-state index is 0.0221. The van der Waals surface area contributed by atoms with Crippen LogP contribution in [-0.4, -0.2) is 38.8 Å². The Morgan fingerprint density at radius 3 is 2.65 bits per heavy atom. The number of carbonyl (C=O) groups excluding carboxylic acids is 1. The highest BCUT2D eigenvalue weighted by Crippen LogP contribution is 2.24. The molecule has 0 bridgehead atoms. The summed E-state index contributed by atoms with van der Waals surface area (Å²) in [5.41, 5.74) is 0. The monoisotopic (exact) mass is 282 g/mol. The van der Waals surface area contributed by atoms with Crippen molar-refractivity contribution in [2.24, 2.45) is 11.8 Å². The highest BCUT2D eigenvalue weighted by molar-refractivity contribution is 5.73. The summed E-state index contributed by atoms with van der Waals surface area (Å²) in [6.45, 7) is 3.30. The van der Waals surface area contributed by atoms with Gasteiger partial charge in [-0.1, -0.05) is 25.7 Å². The van der Waals surface area contributed by atoms with E-state index in [1.807, 2.05) is 0 Å². The Balaban J connectivity index is 1.86. The molecular weight excluding hydrogens is 252 g/mol. The van der Waals surface area contributed by atoms with E-state index < -0.39 is 0 Å². The van der Waals surface area contributed by atoms with Crippen molar-refractivity contribution in [1.82, 2.24) is 10.6 Å². The summed E-state index contributed by atoms with van der Waals surface area (Å²) in [7, 11) is 1.52. The van der Waals surface area contributed by atoms with E-state index in [1.54, 1.807) is 0 Å². The van der Waals surface area contributed by atoms with Crippen LogP contribution in [0.5, 0.6) is 0 Å². The Hall–Kier alpha value is -0.610. The van der Waals surface area contributed by atoms with Gasteiger partial charge < -0.3 is 15.4 Å². The number of nitrogens with one attached hydrogen (secondary N) is 2. The number of hydrogen-bond acceptors (Lipinski definition) is 4. The lowest BCUT2D eigenvalue weighted by molar-refractivity contribution is -0.147. The quantitative estimate of drug-likeness (QED) is 0.775. The molecule has 1 saturated carbocycles. The first kappa shape index (κ1) is 15.8. The maximum absolute atomic E-state index is 12.0. The van der Waals surface area contributed by atoms with Crippen LogP contribution in [-0.2, 0) is 9.53 Å². The van der Waals surface area contributed by atoms with Gasteiger partial charge in [0.05, 0.1) is 13.0 Å². The molecule has 1 saturated heterocycles. The average molecular weight is 282 g/mol. The average Bonchev–Trinajstić information content (AvgIpc) is 2.47. The second-order valence-electron chi connectivity index (χ2n) is 6.35. The number of carbonyl (C=O) groups is 1. The van der Waals surface area contributed by atoms with E-state index in [0.717, 1.165) is 38.9 Å². The number of hydrogen-bond donors (Lipinski definition) is 2. The van der Waals surface area contributed by atoms with Gasteiger partial charge in [-0.05, 0) is 51.2 Å². The van der Waals surface area contributed by atoms with Crippen molar-refractivity contribution < 1.29 is 9.53 Å². The van der Waals surface area contributed by atoms with Crippen LogP contribution in [0.25, 0.3) is 0 Å². The first-order valence-corrected chi connectivity index (χ1v) is 8.33. The summed E-state index contributed by atoms with van der Waals surface area (Å²) in [6.07, 6.45) is 9.61. The van der Waals surface area contributed by atoms with Crippen molar-refractivity contribution in [3.63, 3.8) is 0 Å². The van der Waals surface area contributed by atoms with Gasteiger partial charge in [0.15, 0.2) is 0 Å². The van der Waals surface area contributed by atoms with Gasteiger partial charge in [-0.25, -0.2) is 0 Å². The molecule has 0 aromatic rings. The van der Waals surface area contributed by atoms with Crippen LogP contribution in [0.3, 0.4) is 0 Å². The van der Waals surface area contributed by atoms with Crippen molar-refractivity contribution in [3.05, 3.63) is 0 Å². The van der Waals surface area contributed by atoms with Crippen molar-refractivity contribution >= 4 is 5.97 Å². The molecule has 116 valence electrons. The molecule has 0 aromatic carbocycles. The van der Waals surface area contributed by atoms with E-state index in [4.69, 9.17) is 4.74 Å². The summed E-state index contributed by atoms with van der Waals surface area (Å²) >= 11 is 0. The summed E-state index contributed by atoms with van der Waals surface area (Å²) in [5.74, 6) is 0.746. The third-order valence-electron chi connectivity index (χ3n) is 4.84. The molecule has 1 heterocycles. The van der Waals surface area contributed by atoms with Crippen LogP contribution in [0.15, 0.2) is 0 Å². The molecule has 0 radical (unpaired) electrons. The molecule has 1 aliphatic heterocycles. The Bertz CT molecular complexity index is 290. The van der Waals surface area contributed by atoms with Crippen molar-refractivity contribution in [3.8, 4) is 0 Å². The van der Waals surface area contributed by atoms with Crippen molar-refractivity contribution in [2.45, 2.75) is 57.4 Å². The third-order valence-corrected chi connectivity index (χ3v) is 4.84. The molecule has 2 N–H and O–H groups in total. The van der Waals surface area contributed by atoms with Crippen LogP contribution in [0.1, 0.15) is 51.4 Å². The molecule has 2 fully saturated rings. The predicted molar refractivity (Wildman–Crippen MR) is 80.6 cm³/mol. The Morgan fingerprint density at radius 1 is 1.15 bits per heavy atom. The molecule has 0 amide bonds. The molecule has 3 unspecified atom stereocenters. The maximum Gasteiger partial charge on any atom is 0.310 e. The molecule has 3 atom stereocenters. The van der Waals surface area contributed by atoms with E-state index >= 15 is 0 Å². The van der Waals surface area contributed by atoms with Gasteiger partial charge in [-0.15, -0.1) is 0 Å². The van der Waals surface area contributed by atoms with E-state index in [-0.39, 0.29) is 11.9 Å². The standard InChI is InChI=1S/C16H30N2O2/c1-20-16(19)14-8-4-2-3-5-9-15(14)18-12-13-7-6-10-17-11-13/h13-15,17-18H,2-12H2,1H3. The minimum atomic E-state index is -0.0221. The molecule has 4 heteroatoms. The molecular formula is C16H30N2O2. The number of ether oxygens (including phenoxy) is 1. The maximum atomic E-state index is 12.0. The highest BCUT2D eigenvalue weighted by atomic mass is 16.5. The first-order valence-electron chi connectivity index (χ1n) is 8.33. The van der Waals surface area contributed by atoms with Crippen molar-refractivity contribution in [2.75, 3.05) is 26.7 Å². The van der Waals surface area contributed by atoms with Gasteiger partial charge in [0.2, 0.25) is 0 Å². The Morgan fingerprint density at radius 2 is 1.95 bits per heavy atom. The van der Waals surface area contributed by atoms with Gasteiger partial charge >= 0.3 is 5.97 Å². The van der Waals surface area contributed by atoms with Crippen LogP contribution in [0.2, 0.25) is 0 Å². The number of piperidine rings is 1. The second kappa shape index (κ2) is 8.63. The van der Waals surface area contributed by atoms with Gasteiger partial charge in [0, 0.05) is 6.04 Å². The van der Waals surface area contributed by atoms with Gasteiger partial charge in [-0.3, -0.25) is 4.79 Å². The number of rotatable bonds is 4. The summed E-state index contributed by atoms with van der Waals surface area (Å²) < 4.78 is 5.02. The minimum Gasteiger partial charge on any atom is -0.469 e. The smallest absolute Gasteiger partial charge is 0.310 e. The fourth-order valence-corrected chi connectivity index (χ4v) is 3.58. The fourth-order valence-electron chi connectivity index (χ4n) is 3.58. The highest BCUT2D eigenvalue weighted by Gasteiger charge is 2.30. The lowest BCUT2D eigenvalue weighted by Gasteiger charge is -2.31. The third kappa shape index (κ3) is 4.74. The van der Waals surface area contributed by atoms with Crippen molar-refractivity contribution in [1.29, 1.82) is 0 Å². The molecule has 20 heavy (non-hydrogen) atoms. The van der Waals surface area contributed by atoms with Gasteiger partial charge in [0.25, 0.3) is 0 Å². The van der Waals surface area contributed by atoms with Gasteiger partial charge in [-0.2, -0.15) is 0 Å². The second-order valence-corrected chi connectivity index (χ2v) is 6.35. The normalized spacial score (nSPS) is 32.1. The largest absolute Gasteiger partial charge is 0.469 e. The molecule has 4 nitrogen and oxygen atoms in total. The number of methoxy groups -OCH3 is 1. The molecule has 0 spiro atoms. The summed E-state index contributed by atoms with van der Waals surface area (Å²) in [4.78, 5) is 12.0. The van der Waals surface area contributed by atoms with Crippen LogP contribution in [0.4, 0.5) is 0 Å². The molecule has 2 aliphatic rings. The molecule has 2 rings (SSSR count). The predicted octanol–water partition coefficient (Wildman–Crippen LogP) is 2.09. The number of esters is 1. The fraction of sp³-hybridized carbons (Fsp3) is 0.938.